The third-order valence-corrected chi connectivity index (χ3v) is 8.14. The van der Waals surface area contributed by atoms with Gasteiger partial charge in [0.2, 0.25) is 5.95 Å². The summed E-state index contributed by atoms with van der Waals surface area (Å²) in [7, 11) is 0. The van der Waals surface area contributed by atoms with Gasteiger partial charge in [-0.05, 0) is 54.3 Å². The maximum absolute atomic E-state index is 12.8. The summed E-state index contributed by atoms with van der Waals surface area (Å²) in [6.45, 7) is 12.2. The first-order valence-electron chi connectivity index (χ1n) is 16.2. The van der Waals surface area contributed by atoms with Gasteiger partial charge in [0, 0.05) is 49.4 Å². The summed E-state index contributed by atoms with van der Waals surface area (Å²) in [6.07, 6.45) is 6.24. The molecule has 0 spiro atoms. The molecule has 0 radical (unpaired) electrons. The minimum atomic E-state index is -0.0506. The molecule has 1 saturated heterocycles. The molecule has 1 N–H and O–H groups in total. The van der Waals surface area contributed by atoms with Crippen LogP contribution in [0.1, 0.15) is 76.8 Å². The van der Waals surface area contributed by atoms with Gasteiger partial charge in [0.05, 0.1) is 24.3 Å². The summed E-state index contributed by atoms with van der Waals surface area (Å²) in [4.78, 5) is 36.5. The number of carbonyl (C=O) groups excluding carboxylic acids is 1. The van der Waals surface area contributed by atoms with Crippen molar-refractivity contribution in [3.63, 3.8) is 0 Å². The molecular weight excluding hydrogens is 566 g/mol. The number of rotatable bonds is 6. The van der Waals surface area contributed by atoms with E-state index in [1.54, 1.807) is 19.2 Å². The first-order chi connectivity index (χ1) is 22.0. The predicted octanol–water partition coefficient (Wildman–Crippen LogP) is 8.16. The van der Waals surface area contributed by atoms with Crippen LogP contribution < -0.4 is 15.6 Å². The van der Waals surface area contributed by atoms with Crippen molar-refractivity contribution in [3.05, 3.63) is 76.7 Å². The lowest BCUT2D eigenvalue weighted by molar-refractivity contribution is 0.100. The fourth-order valence-electron chi connectivity index (χ4n) is 6.01. The number of carbonyl (C=O) groups is 1. The van der Waals surface area contributed by atoms with E-state index in [0.717, 1.165) is 40.7 Å². The molecule has 0 unspecified atom stereocenters. The molecule has 236 valence electrons. The number of ether oxygens (including phenoxy) is 1. The van der Waals surface area contributed by atoms with Crippen LogP contribution in [0.2, 0.25) is 0 Å². The molecule has 45 heavy (non-hydrogen) atoms. The summed E-state index contributed by atoms with van der Waals surface area (Å²) in [5.74, 6) is 1.11. The zero-order valence-corrected chi connectivity index (χ0v) is 26.9. The largest absolute Gasteiger partial charge is 0.440 e. The van der Waals surface area contributed by atoms with Gasteiger partial charge in [-0.25, -0.2) is 4.98 Å². The number of benzene rings is 2. The van der Waals surface area contributed by atoms with Crippen LogP contribution in [0, 0.1) is 0 Å². The molecule has 2 aliphatic rings. The Hall–Kier alpha value is -4.50. The molecule has 0 amide bonds. The highest BCUT2D eigenvalue weighted by molar-refractivity contribution is 5.98. The zero-order chi connectivity index (χ0) is 31.9. The third-order valence-electron chi connectivity index (χ3n) is 8.14. The second-order valence-electron chi connectivity index (χ2n) is 10.8. The second kappa shape index (κ2) is 14.5. The van der Waals surface area contributed by atoms with Crippen molar-refractivity contribution in [2.24, 2.45) is 0 Å². The zero-order valence-electron chi connectivity index (χ0n) is 26.9. The molecule has 1 saturated carbocycles. The SMILES string of the molecule is CC.CC.CC(=O)c1cc2cnc(Nc3ccc(-c4ccc5c(=O)cc(N6CCOCC6)oc5c4)cc3)nc2n1C1CCCC1. The van der Waals surface area contributed by atoms with Crippen LogP contribution in [0.4, 0.5) is 17.5 Å². The number of nitrogens with zero attached hydrogens (tertiary/aromatic N) is 4. The van der Waals surface area contributed by atoms with E-state index in [9.17, 15) is 9.59 Å². The van der Waals surface area contributed by atoms with Crippen LogP contribution in [0.15, 0.2) is 70.0 Å². The summed E-state index contributed by atoms with van der Waals surface area (Å²) >= 11 is 0. The van der Waals surface area contributed by atoms with Gasteiger partial charge in [-0.2, -0.15) is 4.98 Å². The van der Waals surface area contributed by atoms with Crippen molar-refractivity contribution in [2.75, 3.05) is 36.5 Å². The van der Waals surface area contributed by atoms with Crippen molar-refractivity contribution >= 4 is 45.3 Å². The van der Waals surface area contributed by atoms with Crippen molar-refractivity contribution in [2.45, 2.75) is 66.3 Å². The number of hydrogen-bond donors (Lipinski definition) is 1. The van der Waals surface area contributed by atoms with Crippen LogP contribution in [0.25, 0.3) is 33.1 Å². The Bertz CT molecular complexity index is 1810. The number of Topliss-reactive ketones (excluding diaryl/α,β-unsaturated/α-hetero) is 1. The Morgan fingerprint density at radius 2 is 1.60 bits per heavy atom. The van der Waals surface area contributed by atoms with E-state index in [1.165, 1.54) is 12.8 Å². The molecule has 0 bridgehead atoms. The monoisotopic (exact) mass is 609 g/mol. The van der Waals surface area contributed by atoms with E-state index in [2.05, 4.69) is 14.9 Å². The number of morpholine rings is 1. The average Bonchev–Trinajstić information content (AvgIpc) is 3.75. The summed E-state index contributed by atoms with van der Waals surface area (Å²) in [5, 5.41) is 4.76. The van der Waals surface area contributed by atoms with Gasteiger partial charge < -0.3 is 23.9 Å². The van der Waals surface area contributed by atoms with E-state index in [1.807, 2.05) is 81.1 Å². The molecule has 9 nitrogen and oxygen atoms in total. The van der Waals surface area contributed by atoms with Gasteiger partial charge in [-0.15, -0.1) is 0 Å². The van der Waals surface area contributed by atoms with Gasteiger partial charge in [0.25, 0.3) is 0 Å². The van der Waals surface area contributed by atoms with Gasteiger partial charge in [-0.3, -0.25) is 9.59 Å². The van der Waals surface area contributed by atoms with E-state index in [0.29, 0.717) is 60.8 Å². The molecule has 7 rings (SSSR count). The smallest absolute Gasteiger partial charge is 0.229 e. The Kier molecular flexibility index (Phi) is 10.3. The van der Waals surface area contributed by atoms with Gasteiger partial charge >= 0.3 is 0 Å². The Morgan fingerprint density at radius 3 is 2.29 bits per heavy atom. The normalized spacial score (nSPS) is 14.9. The highest BCUT2D eigenvalue weighted by atomic mass is 16.5. The first-order valence-corrected chi connectivity index (χ1v) is 16.2. The fraction of sp³-hybridized carbons (Fsp3) is 0.389. The molecule has 1 aliphatic heterocycles. The van der Waals surface area contributed by atoms with Gasteiger partial charge in [0.15, 0.2) is 17.1 Å². The average molecular weight is 610 g/mol. The number of nitrogens with one attached hydrogen (secondary N) is 1. The topological polar surface area (TPSA) is 102 Å². The van der Waals surface area contributed by atoms with Crippen LogP contribution >= 0.6 is 0 Å². The lowest BCUT2D eigenvalue weighted by atomic mass is 10.0. The number of ketones is 1. The predicted molar refractivity (Wildman–Crippen MR) is 182 cm³/mol. The minimum Gasteiger partial charge on any atom is -0.440 e. The summed E-state index contributed by atoms with van der Waals surface area (Å²) < 4.78 is 13.7. The maximum Gasteiger partial charge on any atom is 0.229 e. The molecule has 0 atom stereocenters. The number of hydrogen-bond acceptors (Lipinski definition) is 8. The van der Waals surface area contributed by atoms with Crippen molar-refractivity contribution in [3.8, 4) is 11.1 Å². The quantitative estimate of drug-likeness (QED) is 0.192. The minimum absolute atomic E-state index is 0.0466. The van der Waals surface area contributed by atoms with Crippen LogP contribution in [-0.4, -0.2) is 46.6 Å². The van der Waals surface area contributed by atoms with E-state index in [-0.39, 0.29) is 11.2 Å². The second-order valence-corrected chi connectivity index (χ2v) is 10.8. The molecule has 9 heteroatoms. The van der Waals surface area contributed by atoms with Crippen LogP contribution in [0.3, 0.4) is 0 Å². The lowest BCUT2D eigenvalue weighted by Gasteiger charge is -2.27. The fourth-order valence-corrected chi connectivity index (χ4v) is 6.01. The van der Waals surface area contributed by atoms with Gasteiger partial charge in [0.1, 0.15) is 11.2 Å². The molecular formula is C36H43N5O4. The van der Waals surface area contributed by atoms with E-state index < -0.39 is 0 Å². The first kappa shape index (κ1) is 31.9. The maximum atomic E-state index is 12.8. The summed E-state index contributed by atoms with van der Waals surface area (Å²) in [6, 6.07) is 17.4. The Morgan fingerprint density at radius 1 is 0.911 bits per heavy atom. The van der Waals surface area contributed by atoms with Crippen LogP contribution in [-0.2, 0) is 4.74 Å². The van der Waals surface area contributed by atoms with E-state index in [4.69, 9.17) is 14.1 Å². The number of anilines is 3. The van der Waals surface area contributed by atoms with Crippen molar-refractivity contribution in [1.29, 1.82) is 0 Å². The number of aromatic nitrogens is 3. The molecule has 2 fully saturated rings. The molecule has 4 heterocycles. The highest BCUT2D eigenvalue weighted by Crippen LogP contribution is 2.35. The third kappa shape index (κ3) is 6.78. The van der Waals surface area contributed by atoms with E-state index >= 15 is 0 Å². The Labute approximate surface area is 264 Å². The molecule has 1 aliphatic carbocycles. The van der Waals surface area contributed by atoms with Crippen molar-refractivity contribution in [1.82, 2.24) is 14.5 Å². The van der Waals surface area contributed by atoms with Crippen LogP contribution in [0.5, 0.6) is 0 Å². The lowest BCUT2D eigenvalue weighted by Crippen LogP contribution is -2.36. The summed E-state index contributed by atoms with van der Waals surface area (Å²) in [5.41, 5.74) is 4.81. The highest BCUT2D eigenvalue weighted by Gasteiger charge is 2.24. The van der Waals surface area contributed by atoms with Gasteiger partial charge in [-0.1, -0.05) is 58.7 Å². The van der Waals surface area contributed by atoms with Crippen molar-refractivity contribution < 1.29 is 13.9 Å². The molecule has 3 aromatic heterocycles. The standard InChI is InChI=1S/C32H31N5O4.2C2H6/c1-20(38)27-16-23-19-33-32(35-31(23)37(27)25-4-2-3-5-25)34-24-9-6-21(7-10-24)22-8-11-26-28(39)18-30(41-29(26)17-22)36-12-14-40-15-13-36;2*1-2/h6-11,16-19,25H,2-5,12-15H2,1H3,(H,33,34,35);2*1-2H3. The Balaban J connectivity index is 0.000000963. The molecule has 2 aromatic carbocycles. The molecule has 5 aromatic rings. The number of fused-ring (bicyclic) bond motifs is 2.